The molecule has 12 heavy (non-hydrogen) atoms. The third-order valence-corrected chi connectivity index (χ3v) is 1.38. The second-order valence-electron chi connectivity index (χ2n) is 5.09. The van der Waals surface area contributed by atoms with E-state index >= 15 is 0 Å². The number of hydrogen-bond acceptors (Lipinski definition) is 2. The molecule has 1 unspecified atom stereocenters. The lowest BCUT2D eigenvalue weighted by molar-refractivity contribution is -0.149. The van der Waals surface area contributed by atoms with E-state index in [4.69, 9.17) is 4.74 Å². The molecule has 0 aromatic carbocycles. The first-order valence-corrected chi connectivity index (χ1v) is 4.32. The van der Waals surface area contributed by atoms with Crippen molar-refractivity contribution >= 4 is 13.8 Å². The van der Waals surface area contributed by atoms with Crippen molar-refractivity contribution in [2.75, 3.05) is 0 Å². The van der Waals surface area contributed by atoms with Gasteiger partial charge in [-0.2, -0.15) is 0 Å². The van der Waals surface area contributed by atoms with E-state index in [1.807, 2.05) is 14.8 Å². The Morgan fingerprint density at radius 3 is 2.00 bits per heavy atom. The van der Waals surface area contributed by atoms with E-state index in [-0.39, 0.29) is 16.9 Å². The number of hydrogen-bond donors (Lipinski definition) is 0. The molecule has 1 atom stereocenters. The molecule has 3 heteroatoms. The zero-order valence-electron chi connectivity index (χ0n) is 9.02. The summed E-state index contributed by atoms with van der Waals surface area (Å²) >= 11 is 0. The minimum absolute atomic E-state index is 0.193. The first-order valence-electron chi connectivity index (χ1n) is 4.32. The summed E-state index contributed by atoms with van der Waals surface area (Å²) in [7, 11) is 1.94. The Morgan fingerprint density at radius 2 is 1.75 bits per heavy atom. The van der Waals surface area contributed by atoms with E-state index in [1.54, 1.807) is 0 Å². The van der Waals surface area contributed by atoms with Crippen molar-refractivity contribution in [1.82, 2.24) is 0 Å². The summed E-state index contributed by atoms with van der Waals surface area (Å²) in [5.74, 6) is -0.204. The number of esters is 1. The van der Waals surface area contributed by atoms with Gasteiger partial charge in [0, 0.05) is 6.92 Å². The van der Waals surface area contributed by atoms with Gasteiger partial charge >= 0.3 is 5.97 Å². The molecule has 0 rings (SSSR count). The van der Waals surface area contributed by atoms with Crippen LogP contribution in [-0.2, 0) is 9.53 Å². The van der Waals surface area contributed by atoms with Gasteiger partial charge in [0.25, 0.3) is 0 Å². The topological polar surface area (TPSA) is 26.3 Å². The van der Waals surface area contributed by atoms with Gasteiger partial charge < -0.3 is 4.74 Å². The maximum absolute atomic E-state index is 10.7. The summed E-state index contributed by atoms with van der Waals surface area (Å²) in [5, 5.41) is 0. The summed E-state index contributed by atoms with van der Waals surface area (Å²) < 4.78 is 5.17. The van der Waals surface area contributed by atoms with E-state index in [0.29, 0.717) is 0 Å². The van der Waals surface area contributed by atoms with Crippen LogP contribution >= 0.6 is 0 Å². The average molecular weight is 170 g/mol. The van der Waals surface area contributed by atoms with Gasteiger partial charge in [-0.1, -0.05) is 20.8 Å². The fourth-order valence-corrected chi connectivity index (χ4v) is 1.70. The molecule has 0 saturated carbocycles. The van der Waals surface area contributed by atoms with Gasteiger partial charge in [0.1, 0.15) is 0 Å². The maximum atomic E-state index is 10.7. The number of rotatable bonds is 2. The van der Waals surface area contributed by atoms with Crippen molar-refractivity contribution in [3.05, 3.63) is 0 Å². The second kappa shape index (κ2) is 3.50. The molecule has 0 heterocycles. The Kier molecular flexibility index (Phi) is 3.37. The van der Waals surface area contributed by atoms with Crippen LogP contribution in [0.15, 0.2) is 0 Å². The fraction of sp³-hybridized carbons (Fsp3) is 0.889. The predicted octanol–water partition coefficient (Wildman–Crippen LogP) is 1.33. The Balaban J connectivity index is 4.13. The van der Waals surface area contributed by atoms with Crippen LogP contribution in [0.1, 0.15) is 41.0 Å². The number of ether oxygens (including phenoxy) is 1. The van der Waals surface area contributed by atoms with Gasteiger partial charge in [0.2, 0.25) is 0 Å². The van der Waals surface area contributed by atoms with Crippen molar-refractivity contribution < 1.29 is 9.53 Å². The molecule has 0 bridgehead atoms. The van der Waals surface area contributed by atoms with Crippen molar-refractivity contribution in [1.29, 1.82) is 0 Å². The molecule has 0 aliphatic carbocycles. The molecule has 0 saturated heterocycles. The molecule has 0 N–H and O–H groups in total. The molecular formula is C9H19BO2. The molecule has 0 amide bonds. The molecule has 0 aliphatic rings. The van der Waals surface area contributed by atoms with Crippen LogP contribution in [0, 0.1) is 5.41 Å². The third-order valence-electron chi connectivity index (χ3n) is 1.38. The Hall–Kier alpha value is -0.465. The quantitative estimate of drug-likeness (QED) is 0.461. The molecule has 0 radical (unpaired) electrons. The summed E-state index contributed by atoms with van der Waals surface area (Å²) in [6, 6.07) is 0. The highest BCUT2D eigenvalue weighted by Gasteiger charge is 2.27. The predicted molar refractivity (Wildman–Crippen MR) is 52.8 cm³/mol. The summed E-state index contributed by atoms with van der Waals surface area (Å²) in [6.45, 7) is 9.80. The molecule has 0 fully saturated rings. The van der Waals surface area contributed by atoms with E-state index < -0.39 is 0 Å². The van der Waals surface area contributed by atoms with Crippen LogP contribution in [0.3, 0.4) is 0 Å². The smallest absolute Gasteiger partial charge is 0.302 e. The first kappa shape index (κ1) is 11.5. The summed E-state index contributed by atoms with van der Waals surface area (Å²) in [5.41, 5.74) is -0.150. The van der Waals surface area contributed by atoms with Crippen LogP contribution < -0.4 is 0 Å². The van der Waals surface area contributed by atoms with Crippen molar-refractivity contribution in [2.45, 2.75) is 46.5 Å². The zero-order valence-corrected chi connectivity index (χ0v) is 9.02. The van der Waals surface area contributed by atoms with Crippen LogP contribution in [0.5, 0.6) is 0 Å². The summed E-state index contributed by atoms with van der Waals surface area (Å²) in [4.78, 5) is 10.7. The molecule has 0 aromatic rings. The third kappa shape index (κ3) is 6.26. The average Bonchev–Trinajstić information content (AvgIpc) is 1.48. The minimum Gasteiger partial charge on any atom is -0.469 e. The molecule has 0 aliphatic heterocycles. The zero-order chi connectivity index (χ0) is 9.99. The van der Waals surface area contributed by atoms with Crippen LogP contribution in [0.2, 0.25) is 0 Å². The highest BCUT2D eigenvalue weighted by molar-refractivity contribution is 6.14. The van der Waals surface area contributed by atoms with Crippen LogP contribution in [-0.4, -0.2) is 19.3 Å². The normalized spacial score (nSPS) is 16.8. The van der Waals surface area contributed by atoms with Gasteiger partial charge in [-0.15, -0.1) is 0 Å². The lowest BCUT2D eigenvalue weighted by Crippen LogP contribution is -2.35. The van der Waals surface area contributed by atoms with E-state index in [2.05, 4.69) is 20.8 Å². The van der Waals surface area contributed by atoms with Gasteiger partial charge in [-0.05, 0) is 18.8 Å². The number of carbonyl (C=O) groups excluding carboxylic acids is 1. The first-order chi connectivity index (χ1) is 5.12. The monoisotopic (exact) mass is 170 g/mol. The Labute approximate surface area is 76.1 Å². The number of carbonyl (C=O) groups is 1. The Bertz CT molecular complexity index is 168. The summed E-state index contributed by atoms with van der Waals surface area (Å²) in [6.07, 6.45) is 0.875. The highest BCUT2D eigenvalue weighted by Crippen LogP contribution is 2.27. The van der Waals surface area contributed by atoms with Crippen molar-refractivity contribution in [3.63, 3.8) is 0 Å². The Morgan fingerprint density at radius 1 is 1.33 bits per heavy atom. The van der Waals surface area contributed by atoms with E-state index in [1.165, 1.54) is 6.92 Å². The van der Waals surface area contributed by atoms with Gasteiger partial charge in [-0.25, -0.2) is 0 Å². The van der Waals surface area contributed by atoms with Gasteiger partial charge in [0.05, 0.1) is 5.50 Å². The lowest BCUT2D eigenvalue weighted by Gasteiger charge is -2.31. The minimum atomic E-state index is -0.343. The molecule has 0 aromatic heterocycles. The van der Waals surface area contributed by atoms with Gasteiger partial charge in [0.15, 0.2) is 7.85 Å². The highest BCUT2D eigenvalue weighted by atomic mass is 16.5. The standard InChI is InChI=1S/C9H19BO2/c1-7(11)12-9(5,10)6-8(2,3)4/h6,10H2,1-5H3. The second-order valence-corrected chi connectivity index (χ2v) is 5.09. The van der Waals surface area contributed by atoms with E-state index in [9.17, 15) is 4.79 Å². The SMILES string of the molecule is BC(C)(CC(C)(C)C)OC(C)=O. The van der Waals surface area contributed by atoms with Gasteiger partial charge in [-0.3, -0.25) is 4.79 Å². The lowest BCUT2D eigenvalue weighted by atomic mass is 9.72. The van der Waals surface area contributed by atoms with Crippen molar-refractivity contribution in [3.8, 4) is 0 Å². The molecule has 2 nitrogen and oxygen atoms in total. The largest absolute Gasteiger partial charge is 0.469 e. The van der Waals surface area contributed by atoms with Crippen LogP contribution in [0.25, 0.3) is 0 Å². The van der Waals surface area contributed by atoms with E-state index in [0.717, 1.165) is 6.42 Å². The molecular weight excluding hydrogens is 151 g/mol. The molecule has 0 spiro atoms. The van der Waals surface area contributed by atoms with Crippen LogP contribution in [0.4, 0.5) is 0 Å². The fourth-order valence-electron chi connectivity index (χ4n) is 1.70. The maximum Gasteiger partial charge on any atom is 0.302 e. The molecule has 70 valence electrons. The van der Waals surface area contributed by atoms with Crippen molar-refractivity contribution in [2.24, 2.45) is 5.41 Å².